The summed E-state index contributed by atoms with van der Waals surface area (Å²) in [4.78, 5) is 13.9. The number of carbonyl (C=O) groups excluding carboxylic acids is 1. The maximum absolute atomic E-state index is 12.0. The topological polar surface area (TPSA) is 46.3 Å². The van der Waals surface area contributed by atoms with Gasteiger partial charge in [0.15, 0.2) is 0 Å². The van der Waals surface area contributed by atoms with E-state index in [0.717, 1.165) is 24.9 Å². The molecule has 1 aromatic carbocycles. The van der Waals surface area contributed by atoms with Gasteiger partial charge < -0.3 is 10.6 Å². The lowest BCUT2D eigenvalue weighted by atomic mass is 9.98. The molecule has 0 spiro atoms. The second kappa shape index (κ2) is 4.56. The largest absolute Gasteiger partial charge is 0.399 e. The number of nitrogens with zero attached hydrogens (tertiary/aromatic N) is 1. The fourth-order valence-corrected chi connectivity index (χ4v) is 2.36. The third kappa shape index (κ3) is 2.03. The third-order valence-corrected chi connectivity index (χ3v) is 3.18. The summed E-state index contributed by atoms with van der Waals surface area (Å²) < 4.78 is 0. The van der Waals surface area contributed by atoms with Crippen LogP contribution in [0.2, 0.25) is 0 Å². The summed E-state index contributed by atoms with van der Waals surface area (Å²) in [5, 5.41) is 0. The Morgan fingerprint density at radius 3 is 3.00 bits per heavy atom. The van der Waals surface area contributed by atoms with E-state index in [0.29, 0.717) is 18.2 Å². The van der Waals surface area contributed by atoms with Crippen molar-refractivity contribution in [3.63, 3.8) is 0 Å². The van der Waals surface area contributed by atoms with Gasteiger partial charge in [-0.2, -0.15) is 0 Å². The summed E-state index contributed by atoms with van der Waals surface area (Å²) in [6.45, 7) is 2.13. The van der Waals surface area contributed by atoms with Gasteiger partial charge in [0.05, 0.1) is 0 Å². The number of amides is 1. The number of benzene rings is 1. The molecule has 1 saturated heterocycles. The summed E-state index contributed by atoms with van der Waals surface area (Å²) in [5.74, 6) is 0.226. The molecule has 1 unspecified atom stereocenters. The summed E-state index contributed by atoms with van der Waals surface area (Å²) in [7, 11) is 0. The third-order valence-electron chi connectivity index (χ3n) is 3.18. The Kier molecular flexibility index (Phi) is 3.13. The zero-order valence-electron chi connectivity index (χ0n) is 9.65. The van der Waals surface area contributed by atoms with Crippen LogP contribution in [0.5, 0.6) is 0 Å². The molecule has 2 N–H and O–H groups in total. The number of anilines is 2. The van der Waals surface area contributed by atoms with Crippen LogP contribution < -0.4 is 10.6 Å². The molecular formula is C13H18N2O. The number of piperidine rings is 1. The van der Waals surface area contributed by atoms with Gasteiger partial charge in [0.25, 0.3) is 0 Å². The SMILES string of the molecule is CCC1CCCC(=O)N1c1cccc(N)c1. The standard InChI is InChI=1S/C13H18N2O/c1-2-11-6-4-8-13(16)15(11)12-7-3-5-10(14)9-12/h3,5,7,9,11H,2,4,6,8,14H2,1H3. The predicted molar refractivity (Wildman–Crippen MR) is 66.3 cm³/mol. The minimum atomic E-state index is 0.226. The van der Waals surface area contributed by atoms with Crippen molar-refractivity contribution in [1.82, 2.24) is 0 Å². The molecule has 1 aromatic rings. The summed E-state index contributed by atoms with van der Waals surface area (Å²) in [6, 6.07) is 7.93. The summed E-state index contributed by atoms with van der Waals surface area (Å²) in [6.07, 6.45) is 3.76. The van der Waals surface area contributed by atoms with Gasteiger partial charge in [-0.15, -0.1) is 0 Å². The molecule has 2 rings (SSSR count). The first-order valence-corrected chi connectivity index (χ1v) is 5.90. The molecule has 0 saturated carbocycles. The van der Waals surface area contributed by atoms with Crippen LogP contribution in [-0.4, -0.2) is 11.9 Å². The lowest BCUT2D eigenvalue weighted by Gasteiger charge is -2.35. The summed E-state index contributed by atoms with van der Waals surface area (Å²) >= 11 is 0. The maximum Gasteiger partial charge on any atom is 0.227 e. The zero-order chi connectivity index (χ0) is 11.5. The van der Waals surface area contributed by atoms with Crippen LogP contribution in [0.4, 0.5) is 11.4 Å². The number of rotatable bonds is 2. The molecule has 1 fully saturated rings. The fourth-order valence-electron chi connectivity index (χ4n) is 2.36. The van der Waals surface area contributed by atoms with Crippen LogP contribution >= 0.6 is 0 Å². The Hall–Kier alpha value is -1.51. The first-order valence-electron chi connectivity index (χ1n) is 5.90. The normalized spacial score (nSPS) is 21.2. The predicted octanol–water partition coefficient (Wildman–Crippen LogP) is 2.56. The van der Waals surface area contributed by atoms with Gasteiger partial charge in [0.2, 0.25) is 5.91 Å². The van der Waals surface area contributed by atoms with Crippen LogP contribution in [0, 0.1) is 0 Å². The molecule has 1 atom stereocenters. The minimum absolute atomic E-state index is 0.226. The molecule has 0 bridgehead atoms. The Morgan fingerprint density at radius 2 is 2.31 bits per heavy atom. The summed E-state index contributed by atoms with van der Waals surface area (Å²) in [5.41, 5.74) is 7.41. The van der Waals surface area contributed by atoms with Crippen molar-refractivity contribution in [3.05, 3.63) is 24.3 Å². The Balaban J connectivity index is 2.31. The Labute approximate surface area is 96.2 Å². The van der Waals surface area contributed by atoms with Gasteiger partial charge in [-0.05, 0) is 37.5 Å². The van der Waals surface area contributed by atoms with Crippen molar-refractivity contribution in [1.29, 1.82) is 0 Å². The highest BCUT2D eigenvalue weighted by Crippen LogP contribution is 2.28. The van der Waals surface area contributed by atoms with Crippen molar-refractivity contribution in [3.8, 4) is 0 Å². The van der Waals surface area contributed by atoms with E-state index in [1.54, 1.807) is 0 Å². The van der Waals surface area contributed by atoms with E-state index in [2.05, 4.69) is 6.92 Å². The van der Waals surface area contributed by atoms with Gasteiger partial charge in [-0.1, -0.05) is 13.0 Å². The fraction of sp³-hybridized carbons (Fsp3) is 0.462. The van der Waals surface area contributed by atoms with E-state index in [4.69, 9.17) is 5.73 Å². The van der Waals surface area contributed by atoms with Crippen molar-refractivity contribution in [2.24, 2.45) is 0 Å². The molecule has 3 heteroatoms. The second-order valence-corrected chi connectivity index (χ2v) is 4.31. The average Bonchev–Trinajstić information content (AvgIpc) is 2.28. The molecule has 0 radical (unpaired) electrons. The van der Waals surface area contributed by atoms with Crippen LogP contribution in [0.25, 0.3) is 0 Å². The highest BCUT2D eigenvalue weighted by atomic mass is 16.2. The van der Waals surface area contributed by atoms with Gasteiger partial charge in [-0.3, -0.25) is 4.79 Å². The quantitative estimate of drug-likeness (QED) is 0.775. The molecule has 3 nitrogen and oxygen atoms in total. The second-order valence-electron chi connectivity index (χ2n) is 4.31. The molecular weight excluding hydrogens is 200 g/mol. The van der Waals surface area contributed by atoms with Gasteiger partial charge in [0.1, 0.15) is 0 Å². The van der Waals surface area contributed by atoms with Crippen molar-refractivity contribution >= 4 is 17.3 Å². The molecule has 1 aliphatic rings. The number of hydrogen-bond donors (Lipinski definition) is 1. The van der Waals surface area contributed by atoms with E-state index < -0.39 is 0 Å². The Morgan fingerprint density at radius 1 is 1.50 bits per heavy atom. The van der Waals surface area contributed by atoms with Crippen molar-refractivity contribution in [2.75, 3.05) is 10.6 Å². The average molecular weight is 218 g/mol. The number of nitrogen functional groups attached to an aromatic ring is 1. The van der Waals surface area contributed by atoms with Crippen molar-refractivity contribution < 1.29 is 4.79 Å². The molecule has 0 aromatic heterocycles. The van der Waals surface area contributed by atoms with Crippen LogP contribution in [0.15, 0.2) is 24.3 Å². The highest BCUT2D eigenvalue weighted by Gasteiger charge is 2.27. The molecule has 1 amide bonds. The van der Waals surface area contributed by atoms with Crippen LogP contribution in [-0.2, 0) is 4.79 Å². The van der Waals surface area contributed by atoms with E-state index in [9.17, 15) is 4.79 Å². The van der Waals surface area contributed by atoms with Crippen LogP contribution in [0.1, 0.15) is 32.6 Å². The minimum Gasteiger partial charge on any atom is -0.399 e. The van der Waals surface area contributed by atoms with E-state index in [1.807, 2.05) is 29.2 Å². The first-order chi connectivity index (χ1) is 7.72. The monoisotopic (exact) mass is 218 g/mol. The smallest absolute Gasteiger partial charge is 0.227 e. The highest BCUT2D eigenvalue weighted by molar-refractivity contribution is 5.95. The van der Waals surface area contributed by atoms with Gasteiger partial charge >= 0.3 is 0 Å². The van der Waals surface area contributed by atoms with Gasteiger partial charge in [0, 0.05) is 23.8 Å². The number of carbonyl (C=O) groups is 1. The molecule has 1 aliphatic heterocycles. The lowest BCUT2D eigenvalue weighted by Crippen LogP contribution is -2.43. The van der Waals surface area contributed by atoms with Gasteiger partial charge in [-0.25, -0.2) is 0 Å². The Bertz CT molecular complexity index is 389. The zero-order valence-corrected chi connectivity index (χ0v) is 9.65. The van der Waals surface area contributed by atoms with Crippen LogP contribution in [0.3, 0.4) is 0 Å². The number of nitrogens with two attached hydrogens (primary N) is 1. The first kappa shape index (κ1) is 11.0. The lowest BCUT2D eigenvalue weighted by molar-refractivity contribution is -0.120. The maximum atomic E-state index is 12.0. The van der Waals surface area contributed by atoms with E-state index in [1.165, 1.54) is 0 Å². The van der Waals surface area contributed by atoms with Crippen molar-refractivity contribution in [2.45, 2.75) is 38.6 Å². The van der Waals surface area contributed by atoms with E-state index in [-0.39, 0.29) is 5.91 Å². The molecule has 86 valence electrons. The molecule has 16 heavy (non-hydrogen) atoms. The molecule has 1 heterocycles. The van der Waals surface area contributed by atoms with E-state index >= 15 is 0 Å². The number of hydrogen-bond acceptors (Lipinski definition) is 2. The molecule has 0 aliphatic carbocycles.